The molecule has 0 aliphatic carbocycles. The minimum absolute atomic E-state index is 0.0246. The third-order valence-corrected chi connectivity index (χ3v) is 2.74. The molecule has 2 rings (SSSR count). The number of alkyl halides is 3. The van der Waals surface area contributed by atoms with Crippen LogP contribution in [0.15, 0.2) is 24.3 Å². The number of rotatable bonds is 5. The summed E-state index contributed by atoms with van der Waals surface area (Å²) in [6.45, 7) is 2.96. The molecule has 0 radical (unpaired) electrons. The molecular weight excluding hydrogens is 275 g/mol. The first kappa shape index (κ1) is 15.1. The van der Waals surface area contributed by atoms with E-state index in [4.69, 9.17) is 9.47 Å². The molecule has 1 aromatic carbocycles. The zero-order valence-electron chi connectivity index (χ0n) is 10.8. The van der Waals surface area contributed by atoms with E-state index in [1.807, 2.05) is 0 Å². The average Bonchev–Trinajstić information content (AvgIpc) is 2.40. The summed E-state index contributed by atoms with van der Waals surface area (Å²) in [4.78, 5) is 0. The lowest BCUT2D eigenvalue weighted by molar-refractivity contribution is -0.274. The second-order valence-corrected chi connectivity index (χ2v) is 4.39. The Kier molecular flexibility index (Phi) is 5.22. The van der Waals surface area contributed by atoms with Crippen LogP contribution < -0.4 is 10.1 Å². The summed E-state index contributed by atoms with van der Waals surface area (Å²) in [6.07, 6.45) is -4.63. The number of halogens is 3. The molecule has 1 saturated heterocycles. The lowest BCUT2D eigenvalue weighted by atomic mass is 10.2. The molecule has 1 aliphatic rings. The second kappa shape index (κ2) is 6.92. The van der Waals surface area contributed by atoms with Gasteiger partial charge in [0.2, 0.25) is 0 Å². The van der Waals surface area contributed by atoms with E-state index in [0.717, 1.165) is 5.56 Å². The van der Waals surface area contributed by atoms with Gasteiger partial charge in [-0.1, -0.05) is 12.1 Å². The first-order chi connectivity index (χ1) is 9.53. The van der Waals surface area contributed by atoms with Crippen LogP contribution in [0, 0.1) is 0 Å². The zero-order valence-corrected chi connectivity index (χ0v) is 10.8. The van der Waals surface area contributed by atoms with E-state index in [9.17, 15) is 13.2 Å². The Bertz CT molecular complexity index is 402. The Hall–Kier alpha value is -1.31. The molecule has 0 amide bonds. The van der Waals surface area contributed by atoms with Crippen LogP contribution >= 0.6 is 0 Å². The highest BCUT2D eigenvalue weighted by Crippen LogP contribution is 2.22. The van der Waals surface area contributed by atoms with Crippen molar-refractivity contribution in [2.24, 2.45) is 0 Å². The minimum atomic E-state index is -4.65. The first-order valence-electron chi connectivity index (χ1n) is 6.28. The highest BCUT2D eigenvalue weighted by molar-refractivity contribution is 5.27. The van der Waals surface area contributed by atoms with Crippen molar-refractivity contribution in [2.75, 3.05) is 26.4 Å². The van der Waals surface area contributed by atoms with Crippen LogP contribution in [0.3, 0.4) is 0 Å². The predicted molar refractivity (Wildman–Crippen MR) is 65.4 cm³/mol. The fraction of sp³-hybridized carbons (Fsp3) is 0.538. The van der Waals surface area contributed by atoms with Crippen LogP contribution in [0.2, 0.25) is 0 Å². The number of hydrogen-bond donors (Lipinski definition) is 1. The lowest BCUT2D eigenvalue weighted by Gasteiger charge is -2.23. The van der Waals surface area contributed by atoms with Gasteiger partial charge < -0.3 is 19.5 Å². The summed E-state index contributed by atoms with van der Waals surface area (Å²) in [5, 5.41) is 3.17. The summed E-state index contributed by atoms with van der Waals surface area (Å²) in [6, 6.07) is 5.77. The molecule has 7 heteroatoms. The van der Waals surface area contributed by atoms with Crippen molar-refractivity contribution in [3.05, 3.63) is 29.8 Å². The van der Waals surface area contributed by atoms with Crippen LogP contribution in [0.4, 0.5) is 13.2 Å². The maximum absolute atomic E-state index is 12.0. The van der Waals surface area contributed by atoms with Gasteiger partial charge in [-0.3, -0.25) is 0 Å². The summed E-state index contributed by atoms with van der Waals surface area (Å²) in [7, 11) is 0. The maximum atomic E-state index is 12.0. The second-order valence-electron chi connectivity index (χ2n) is 4.39. The summed E-state index contributed by atoms with van der Waals surface area (Å²) >= 11 is 0. The molecule has 1 N–H and O–H groups in total. The fourth-order valence-corrected chi connectivity index (χ4v) is 1.84. The van der Waals surface area contributed by atoms with Gasteiger partial charge in [0.05, 0.1) is 25.9 Å². The molecule has 1 heterocycles. The number of benzene rings is 1. The van der Waals surface area contributed by atoms with Gasteiger partial charge in [0, 0.05) is 13.1 Å². The Labute approximate surface area is 114 Å². The Balaban J connectivity index is 1.73. The molecule has 4 nitrogen and oxygen atoms in total. The van der Waals surface area contributed by atoms with Gasteiger partial charge >= 0.3 is 6.36 Å². The largest absolute Gasteiger partial charge is 0.573 e. The van der Waals surface area contributed by atoms with Crippen LogP contribution in [-0.4, -0.2) is 38.8 Å². The predicted octanol–water partition coefficient (Wildman–Crippen LogP) is 2.09. The normalized spacial score (nSPS) is 19.9. The van der Waals surface area contributed by atoms with E-state index in [-0.39, 0.29) is 11.9 Å². The van der Waals surface area contributed by atoms with E-state index < -0.39 is 6.36 Å². The molecule has 1 atom stereocenters. The Morgan fingerprint density at radius 3 is 2.55 bits per heavy atom. The van der Waals surface area contributed by atoms with Crippen molar-refractivity contribution < 1.29 is 27.4 Å². The zero-order chi connectivity index (χ0) is 14.4. The van der Waals surface area contributed by atoms with Crippen LogP contribution in [0.5, 0.6) is 5.75 Å². The van der Waals surface area contributed by atoms with E-state index in [1.54, 1.807) is 12.1 Å². The van der Waals surface area contributed by atoms with Crippen LogP contribution in [0.1, 0.15) is 5.56 Å². The Morgan fingerprint density at radius 2 is 1.95 bits per heavy atom. The third kappa shape index (κ3) is 5.36. The molecule has 0 aromatic heterocycles. The van der Waals surface area contributed by atoms with Gasteiger partial charge in [0.25, 0.3) is 0 Å². The molecule has 0 bridgehead atoms. The van der Waals surface area contributed by atoms with Crippen molar-refractivity contribution in [3.63, 3.8) is 0 Å². The smallest absolute Gasteiger partial charge is 0.406 e. The van der Waals surface area contributed by atoms with Gasteiger partial charge in [0.15, 0.2) is 0 Å². The topological polar surface area (TPSA) is 39.7 Å². The van der Waals surface area contributed by atoms with E-state index in [2.05, 4.69) is 10.1 Å². The third-order valence-electron chi connectivity index (χ3n) is 2.74. The fourth-order valence-electron chi connectivity index (χ4n) is 1.84. The summed E-state index contributed by atoms with van der Waals surface area (Å²) in [5.41, 5.74) is 0.872. The first-order valence-corrected chi connectivity index (χ1v) is 6.28. The standard InChI is InChI=1S/C13H16F3NO3/c14-13(15,16)20-11-3-1-10(2-4-11)7-17-8-12-9-18-5-6-19-12/h1-4,12,17H,5-9H2. The van der Waals surface area contributed by atoms with E-state index in [0.29, 0.717) is 32.9 Å². The number of nitrogens with one attached hydrogen (secondary N) is 1. The van der Waals surface area contributed by atoms with Gasteiger partial charge in [-0.25, -0.2) is 0 Å². The number of ether oxygens (including phenoxy) is 3. The molecule has 0 saturated carbocycles. The van der Waals surface area contributed by atoms with Gasteiger partial charge in [-0.05, 0) is 17.7 Å². The quantitative estimate of drug-likeness (QED) is 0.902. The summed E-state index contributed by atoms with van der Waals surface area (Å²) in [5.74, 6) is -0.217. The van der Waals surface area contributed by atoms with Crippen molar-refractivity contribution in [2.45, 2.75) is 19.0 Å². The molecule has 112 valence electrons. The molecular formula is C13H16F3NO3. The van der Waals surface area contributed by atoms with Crippen molar-refractivity contribution in [3.8, 4) is 5.75 Å². The van der Waals surface area contributed by atoms with Gasteiger partial charge in [-0.15, -0.1) is 13.2 Å². The van der Waals surface area contributed by atoms with Crippen LogP contribution in [-0.2, 0) is 16.0 Å². The maximum Gasteiger partial charge on any atom is 0.573 e. The molecule has 1 unspecified atom stereocenters. The van der Waals surface area contributed by atoms with Crippen molar-refractivity contribution >= 4 is 0 Å². The highest BCUT2D eigenvalue weighted by atomic mass is 19.4. The molecule has 20 heavy (non-hydrogen) atoms. The van der Waals surface area contributed by atoms with Crippen molar-refractivity contribution in [1.82, 2.24) is 5.32 Å². The SMILES string of the molecule is FC(F)(F)Oc1ccc(CNCC2COCCO2)cc1. The van der Waals surface area contributed by atoms with Gasteiger partial charge in [-0.2, -0.15) is 0 Å². The van der Waals surface area contributed by atoms with E-state index >= 15 is 0 Å². The molecule has 1 aromatic rings. The van der Waals surface area contributed by atoms with Crippen LogP contribution in [0.25, 0.3) is 0 Å². The minimum Gasteiger partial charge on any atom is -0.406 e. The van der Waals surface area contributed by atoms with E-state index in [1.165, 1.54) is 12.1 Å². The Morgan fingerprint density at radius 1 is 1.20 bits per heavy atom. The number of hydrogen-bond acceptors (Lipinski definition) is 4. The average molecular weight is 291 g/mol. The lowest BCUT2D eigenvalue weighted by Crippen LogP contribution is -2.37. The van der Waals surface area contributed by atoms with Gasteiger partial charge in [0.1, 0.15) is 5.75 Å². The molecule has 1 fully saturated rings. The highest BCUT2D eigenvalue weighted by Gasteiger charge is 2.30. The molecule has 0 spiro atoms. The monoisotopic (exact) mass is 291 g/mol. The summed E-state index contributed by atoms with van der Waals surface area (Å²) < 4.78 is 50.5. The molecule has 1 aliphatic heterocycles. The van der Waals surface area contributed by atoms with Crippen molar-refractivity contribution in [1.29, 1.82) is 0 Å².